The zero-order valence-corrected chi connectivity index (χ0v) is 16.9. The first-order valence-corrected chi connectivity index (χ1v) is 10.3. The quantitative estimate of drug-likeness (QED) is 0.360. The van der Waals surface area contributed by atoms with E-state index in [0.29, 0.717) is 11.6 Å². The van der Waals surface area contributed by atoms with Gasteiger partial charge in [-0.3, -0.25) is 0 Å². The molecular formula is C21H29N5S. The first-order chi connectivity index (χ1) is 13.2. The number of nitrogens with two attached hydrogens (primary N) is 1. The van der Waals surface area contributed by atoms with E-state index in [-0.39, 0.29) is 0 Å². The Labute approximate surface area is 166 Å². The molecule has 0 spiro atoms. The minimum atomic E-state index is 0.520. The van der Waals surface area contributed by atoms with Crippen LogP contribution in [-0.2, 0) is 13.0 Å². The van der Waals surface area contributed by atoms with Gasteiger partial charge in [0.2, 0.25) is 0 Å². The number of unbranched alkanes of at least 4 members (excludes halogenated alkanes) is 2. The van der Waals surface area contributed by atoms with Crippen molar-refractivity contribution < 1.29 is 0 Å². The number of nitrogen functional groups attached to an aromatic ring is 1. The Morgan fingerprint density at radius 2 is 2.04 bits per heavy atom. The summed E-state index contributed by atoms with van der Waals surface area (Å²) in [6.45, 7) is 7.98. The summed E-state index contributed by atoms with van der Waals surface area (Å²) in [6, 6.07) is 8.18. The van der Waals surface area contributed by atoms with Crippen molar-refractivity contribution in [2.45, 2.75) is 45.6 Å². The number of benzene rings is 1. The van der Waals surface area contributed by atoms with Gasteiger partial charge < -0.3 is 15.6 Å². The highest BCUT2D eigenvalue weighted by molar-refractivity contribution is 7.80. The maximum absolute atomic E-state index is 6.24. The Kier molecular flexibility index (Phi) is 6.61. The van der Waals surface area contributed by atoms with Gasteiger partial charge in [0.25, 0.3) is 0 Å². The fourth-order valence-electron chi connectivity index (χ4n) is 3.39. The number of pyridine rings is 1. The summed E-state index contributed by atoms with van der Waals surface area (Å²) in [6.07, 6.45) is 5.37. The van der Waals surface area contributed by atoms with Crippen LogP contribution in [0, 0.1) is 0 Å². The fraction of sp³-hybridized carbons (Fsp3) is 0.429. The number of rotatable bonds is 10. The van der Waals surface area contributed by atoms with Crippen LogP contribution >= 0.6 is 12.6 Å². The number of hydrogen-bond donors (Lipinski definition) is 3. The Bertz CT molecular complexity index is 931. The standard InChI is InChI=1S/C21H29N5S/c1-3-4-11-18-25-19-20(16-9-5-6-10-17(16)24-21(19)22)26(18)13-8-7-12-23-15(2)14-27/h5-6,9-10,23,27H,2-4,7-8,11-14H2,1H3,(H2,22,24). The van der Waals surface area contributed by atoms with E-state index in [1.54, 1.807) is 0 Å². The Hall–Kier alpha value is -2.21. The van der Waals surface area contributed by atoms with Gasteiger partial charge in [-0.25, -0.2) is 9.97 Å². The van der Waals surface area contributed by atoms with E-state index in [9.17, 15) is 0 Å². The molecule has 5 nitrogen and oxygen atoms in total. The third-order valence-corrected chi connectivity index (χ3v) is 5.20. The van der Waals surface area contributed by atoms with Crippen LogP contribution in [0.4, 0.5) is 5.82 Å². The summed E-state index contributed by atoms with van der Waals surface area (Å²) in [5.74, 6) is 2.31. The van der Waals surface area contributed by atoms with Crippen molar-refractivity contribution >= 4 is 40.4 Å². The number of fused-ring (bicyclic) bond motifs is 3. The number of aryl methyl sites for hydroxylation is 2. The summed E-state index contributed by atoms with van der Waals surface area (Å²) < 4.78 is 2.36. The van der Waals surface area contributed by atoms with E-state index in [1.807, 2.05) is 12.1 Å². The van der Waals surface area contributed by atoms with Gasteiger partial charge in [-0.05, 0) is 25.3 Å². The van der Waals surface area contributed by atoms with Crippen LogP contribution in [0.25, 0.3) is 21.9 Å². The number of nitrogens with zero attached hydrogens (tertiary/aromatic N) is 3. The highest BCUT2D eigenvalue weighted by Gasteiger charge is 2.16. The number of nitrogens with one attached hydrogen (secondary N) is 1. The van der Waals surface area contributed by atoms with E-state index >= 15 is 0 Å². The van der Waals surface area contributed by atoms with Gasteiger partial charge in [0.15, 0.2) is 5.82 Å². The van der Waals surface area contributed by atoms with Crippen LogP contribution in [0.3, 0.4) is 0 Å². The number of anilines is 1. The maximum atomic E-state index is 6.24. The van der Waals surface area contributed by atoms with Gasteiger partial charge in [-0.15, -0.1) is 0 Å². The molecule has 0 fully saturated rings. The van der Waals surface area contributed by atoms with E-state index in [0.717, 1.165) is 78.7 Å². The summed E-state index contributed by atoms with van der Waals surface area (Å²) in [5, 5.41) is 4.44. The second-order valence-corrected chi connectivity index (χ2v) is 7.21. The molecule has 3 N–H and O–H groups in total. The molecule has 144 valence electrons. The lowest BCUT2D eigenvalue weighted by Gasteiger charge is -2.12. The highest BCUT2D eigenvalue weighted by atomic mass is 32.1. The molecule has 2 aromatic heterocycles. The molecule has 6 heteroatoms. The molecule has 0 radical (unpaired) electrons. The molecule has 27 heavy (non-hydrogen) atoms. The van der Waals surface area contributed by atoms with Crippen molar-refractivity contribution in [3.05, 3.63) is 42.4 Å². The molecule has 0 saturated heterocycles. The molecule has 0 atom stereocenters. The molecule has 0 saturated carbocycles. The first kappa shape index (κ1) is 19.5. The van der Waals surface area contributed by atoms with E-state index < -0.39 is 0 Å². The van der Waals surface area contributed by atoms with Gasteiger partial charge in [0, 0.05) is 36.3 Å². The minimum absolute atomic E-state index is 0.520. The average Bonchev–Trinajstić information content (AvgIpc) is 3.05. The van der Waals surface area contributed by atoms with E-state index in [4.69, 9.17) is 10.7 Å². The summed E-state index contributed by atoms with van der Waals surface area (Å²) >= 11 is 4.23. The smallest absolute Gasteiger partial charge is 0.152 e. The molecular weight excluding hydrogens is 354 g/mol. The molecule has 3 rings (SSSR count). The molecule has 0 amide bonds. The number of hydrogen-bond acceptors (Lipinski definition) is 5. The monoisotopic (exact) mass is 383 g/mol. The minimum Gasteiger partial charge on any atom is -0.388 e. The highest BCUT2D eigenvalue weighted by Crippen LogP contribution is 2.29. The third kappa shape index (κ3) is 4.38. The lowest BCUT2D eigenvalue weighted by molar-refractivity contribution is 0.577. The predicted molar refractivity (Wildman–Crippen MR) is 118 cm³/mol. The average molecular weight is 384 g/mol. The lowest BCUT2D eigenvalue weighted by Crippen LogP contribution is -2.15. The molecule has 2 heterocycles. The van der Waals surface area contributed by atoms with Crippen molar-refractivity contribution in [2.75, 3.05) is 18.0 Å². The van der Waals surface area contributed by atoms with Crippen LogP contribution in [0.5, 0.6) is 0 Å². The van der Waals surface area contributed by atoms with Crippen LogP contribution in [0.2, 0.25) is 0 Å². The molecule has 0 unspecified atom stereocenters. The number of para-hydroxylation sites is 1. The largest absolute Gasteiger partial charge is 0.388 e. The molecule has 0 bridgehead atoms. The van der Waals surface area contributed by atoms with Gasteiger partial charge in [0.05, 0.1) is 11.0 Å². The van der Waals surface area contributed by atoms with E-state index in [2.05, 4.69) is 53.1 Å². The molecule has 0 aliphatic rings. The van der Waals surface area contributed by atoms with Gasteiger partial charge in [-0.1, -0.05) is 38.1 Å². The first-order valence-electron chi connectivity index (χ1n) is 9.71. The van der Waals surface area contributed by atoms with Crippen LogP contribution in [0.15, 0.2) is 36.5 Å². The van der Waals surface area contributed by atoms with Gasteiger partial charge in [-0.2, -0.15) is 12.6 Å². The van der Waals surface area contributed by atoms with Crippen molar-refractivity contribution in [1.29, 1.82) is 0 Å². The molecule has 3 aromatic rings. The zero-order valence-electron chi connectivity index (χ0n) is 16.0. The molecule has 1 aromatic carbocycles. The van der Waals surface area contributed by atoms with Crippen molar-refractivity contribution in [3.63, 3.8) is 0 Å². The Morgan fingerprint density at radius 3 is 2.81 bits per heavy atom. The van der Waals surface area contributed by atoms with Crippen LogP contribution in [-0.4, -0.2) is 26.8 Å². The number of aromatic nitrogens is 3. The summed E-state index contributed by atoms with van der Waals surface area (Å²) in [5.41, 5.74) is 10.1. The second kappa shape index (κ2) is 9.13. The van der Waals surface area contributed by atoms with Crippen LogP contribution in [0.1, 0.15) is 38.4 Å². The van der Waals surface area contributed by atoms with Crippen molar-refractivity contribution in [2.24, 2.45) is 0 Å². The third-order valence-electron chi connectivity index (χ3n) is 4.82. The normalized spacial score (nSPS) is 11.3. The zero-order chi connectivity index (χ0) is 19.2. The maximum Gasteiger partial charge on any atom is 0.152 e. The SMILES string of the molecule is C=C(CS)NCCCCn1c(CCCC)nc2c(N)nc3ccccc3c21. The summed E-state index contributed by atoms with van der Waals surface area (Å²) in [7, 11) is 0. The topological polar surface area (TPSA) is 68.8 Å². The van der Waals surface area contributed by atoms with Gasteiger partial charge >= 0.3 is 0 Å². The molecule has 0 aliphatic heterocycles. The number of thiol groups is 1. The summed E-state index contributed by atoms with van der Waals surface area (Å²) in [4.78, 5) is 9.43. The fourth-order valence-corrected chi connectivity index (χ4v) is 3.50. The second-order valence-electron chi connectivity index (χ2n) is 6.89. The van der Waals surface area contributed by atoms with Crippen molar-refractivity contribution in [1.82, 2.24) is 19.9 Å². The van der Waals surface area contributed by atoms with Gasteiger partial charge in [0.1, 0.15) is 11.3 Å². The van der Waals surface area contributed by atoms with Crippen LogP contribution < -0.4 is 11.1 Å². The number of imidazole rings is 1. The predicted octanol–water partition coefficient (Wildman–Crippen LogP) is 4.32. The molecule has 0 aliphatic carbocycles. The lowest BCUT2D eigenvalue weighted by atomic mass is 10.2. The van der Waals surface area contributed by atoms with Crippen molar-refractivity contribution in [3.8, 4) is 0 Å². The Morgan fingerprint density at radius 1 is 1.22 bits per heavy atom. The van der Waals surface area contributed by atoms with E-state index in [1.165, 1.54) is 0 Å². The Balaban J connectivity index is 1.91.